The molecule has 2 fully saturated rings. The number of hydrogen-bond donors (Lipinski definition) is 0. The monoisotopic (exact) mass is 417 g/mol. The van der Waals surface area contributed by atoms with Gasteiger partial charge in [0.1, 0.15) is 34.7 Å². The van der Waals surface area contributed by atoms with Crippen LogP contribution in [0.1, 0.15) is 33.6 Å². The highest BCUT2D eigenvalue weighted by atomic mass is 127. The minimum atomic E-state index is -0.469. The lowest BCUT2D eigenvalue weighted by Gasteiger charge is -2.26. The lowest BCUT2D eigenvalue weighted by atomic mass is 9.98. The summed E-state index contributed by atoms with van der Waals surface area (Å²) in [6.45, 7) is 7.38. The van der Waals surface area contributed by atoms with Crippen molar-refractivity contribution in [3.8, 4) is 0 Å². The van der Waals surface area contributed by atoms with Crippen molar-refractivity contribution in [2.24, 2.45) is 0 Å². The number of amides is 1. The molecule has 0 aromatic rings. The van der Waals surface area contributed by atoms with E-state index < -0.39 is 5.60 Å². The van der Waals surface area contributed by atoms with Crippen LogP contribution < -0.4 is 0 Å². The highest BCUT2D eigenvalue weighted by molar-refractivity contribution is 14.1. The molecule has 116 valence electrons. The van der Waals surface area contributed by atoms with E-state index in [9.17, 15) is 4.79 Å². The molecule has 8 heteroatoms. The van der Waals surface area contributed by atoms with Crippen molar-refractivity contribution >= 4 is 41.4 Å². The Morgan fingerprint density at radius 2 is 2.25 bits per heavy atom. The van der Waals surface area contributed by atoms with Crippen molar-refractivity contribution in [1.82, 2.24) is 4.90 Å². The number of hydrogen-bond acceptors (Lipinski definition) is 6. The van der Waals surface area contributed by atoms with Crippen LogP contribution in [-0.4, -0.2) is 48.0 Å². The Bertz CT molecular complexity index is 364. The maximum atomic E-state index is 12.0. The molecule has 2 aliphatic rings. The van der Waals surface area contributed by atoms with Crippen LogP contribution in [0.2, 0.25) is 0 Å². The fourth-order valence-electron chi connectivity index (χ4n) is 2.55. The van der Waals surface area contributed by atoms with Crippen LogP contribution >= 0.6 is 35.3 Å². The zero-order valence-electron chi connectivity index (χ0n) is 11.9. The van der Waals surface area contributed by atoms with Crippen molar-refractivity contribution in [1.29, 1.82) is 0 Å². The van der Waals surface area contributed by atoms with Gasteiger partial charge in [0.25, 0.3) is 0 Å². The molecule has 0 aromatic carbocycles. The third-order valence-electron chi connectivity index (χ3n) is 3.34. The van der Waals surface area contributed by atoms with Gasteiger partial charge in [-0.2, -0.15) is 0 Å². The number of likely N-dealkylation sites (tertiary alicyclic amines) is 1. The molecule has 2 aliphatic heterocycles. The van der Waals surface area contributed by atoms with Gasteiger partial charge in [0.2, 0.25) is 0 Å². The summed E-state index contributed by atoms with van der Waals surface area (Å²) in [4.78, 5) is 13.8. The molecule has 2 unspecified atom stereocenters. The Balaban J connectivity index is 1.85. The lowest BCUT2D eigenvalue weighted by Crippen LogP contribution is -2.39. The van der Waals surface area contributed by atoms with Crippen molar-refractivity contribution in [2.45, 2.75) is 50.9 Å². The fourth-order valence-corrected chi connectivity index (χ4v) is 3.06. The fraction of sp³-hybridized carbons (Fsp3) is 0.917. The zero-order chi connectivity index (χ0) is 14.8. The third-order valence-corrected chi connectivity index (χ3v) is 4.19. The maximum absolute atomic E-state index is 12.0. The van der Waals surface area contributed by atoms with Crippen molar-refractivity contribution in [2.75, 3.05) is 19.7 Å². The molecule has 2 saturated heterocycles. The summed E-state index contributed by atoms with van der Waals surface area (Å²) in [5.74, 6) is 0. The smallest absolute Gasteiger partial charge is 0.410 e. The quantitative estimate of drug-likeness (QED) is 0.520. The average molecular weight is 417 g/mol. The molecule has 0 radical (unpaired) electrons. The summed E-state index contributed by atoms with van der Waals surface area (Å²) in [6.07, 6.45) is 1.34. The van der Waals surface area contributed by atoms with Gasteiger partial charge in [-0.25, -0.2) is 7.31 Å². The molecule has 0 aliphatic carbocycles. The SMILES string of the molecule is CC(C)(C)OC(=O)N1CCC2(CC(OSOI)CO2)C1. The van der Waals surface area contributed by atoms with Crippen molar-refractivity contribution in [3.05, 3.63) is 0 Å². The first-order valence-electron chi connectivity index (χ1n) is 6.56. The van der Waals surface area contributed by atoms with Gasteiger partial charge >= 0.3 is 6.09 Å². The predicted molar refractivity (Wildman–Crippen MR) is 83.3 cm³/mol. The van der Waals surface area contributed by atoms with Crippen LogP contribution in [0, 0.1) is 0 Å². The van der Waals surface area contributed by atoms with Gasteiger partial charge < -0.3 is 14.4 Å². The molecule has 1 spiro atoms. The summed E-state index contributed by atoms with van der Waals surface area (Å²) in [5, 5.41) is 0. The number of carbonyl (C=O) groups is 1. The van der Waals surface area contributed by atoms with Crippen LogP contribution in [-0.2, 0) is 16.2 Å². The molecule has 0 N–H and O–H groups in total. The Morgan fingerprint density at radius 1 is 1.50 bits per heavy atom. The van der Waals surface area contributed by atoms with Crippen LogP contribution in [0.25, 0.3) is 0 Å². The van der Waals surface area contributed by atoms with Gasteiger partial charge in [-0.05, 0) is 27.2 Å². The second-order valence-corrected chi connectivity index (χ2v) is 7.73. The lowest BCUT2D eigenvalue weighted by molar-refractivity contribution is -0.000591. The van der Waals surface area contributed by atoms with E-state index in [1.165, 1.54) is 0 Å². The van der Waals surface area contributed by atoms with Gasteiger partial charge in [-0.1, -0.05) is 0 Å². The Morgan fingerprint density at radius 3 is 2.90 bits per heavy atom. The van der Waals surface area contributed by atoms with E-state index in [-0.39, 0.29) is 17.8 Å². The number of halogens is 1. The van der Waals surface area contributed by atoms with E-state index in [0.29, 0.717) is 19.7 Å². The summed E-state index contributed by atoms with van der Waals surface area (Å²) in [6, 6.07) is 0. The van der Waals surface area contributed by atoms with Crippen molar-refractivity contribution < 1.29 is 21.0 Å². The molecule has 2 heterocycles. The molecule has 2 rings (SSSR count). The van der Waals surface area contributed by atoms with E-state index in [4.69, 9.17) is 16.2 Å². The minimum absolute atomic E-state index is 0.00773. The largest absolute Gasteiger partial charge is 0.444 e. The zero-order valence-corrected chi connectivity index (χ0v) is 14.9. The van der Waals surface area contributed by atoms with Gasteiger partial charge in [0.15, 0.2) is 12.3 Å². The van der Waals surface area contributed by atoms with E-state index >= 15 is 0 Å². The van der Waals surface area contributed by atoms with Gasteiger partial charge in [-0.15, -0.1) is 0 Å². The highest BCUT2D eigenvalue weighted by Crippen LogP contribution is 2.37. The minimum Gasteiger partial charge on any atom is -0.444 e. The second-order valence-electron chi connectivity index (χ2n) is 6.20. The van der Waals surface area contributed by atoms with Gasteiger partial charge in [-0.3, -0.25) is 4.18 Å². The number of ether oxygens (including phenoxy) is 2. The molecule has 6 nitrogen and oxygen atoms in total. The number of nitrogens with zero attached hydrogens (tertiary/aromatic N) is 1. The summed E-state index contributed by atoms with van der Waals surface area (Å²) in [5.41, 5.74) is -0.753. The molecule has 2 atom stereocenters. The Kier molecular flexibility index (Phi) is 5.44. The summed E-state index contributed by atoms with van der Waals surface area (Å²) >= 11 is 2.73. The van der Waals surface area contributed by atoms with Gasteiger partial charge in [0, 0.05) is 13.0 Å². The van der Waals surface area contributed by atoms with E-state index in [1.54, 1.807) is 27.9 Å². The Labute approximate surface area is 137 Å². The van der Waals surface area contributed by atoms with Crippen LogP contribution in [0.5, 0.6) is 0 Å². The number of carbonyl (C=O) groups excluding carboxylic acids is 1. The summed E-state index contributed by atoms with van der Waals surface area (Å²) in [7, 11) is 0. The molecule has 0 saturated carbocycles. The topological polar surface area (TPSA) is 57.2 Å². The molecule has 0 bridgehead atoms. The van der Waals surface area contributed by atoms with Crippen LogP contribution in [0.3, 0.4) is 0 Å². The van der Waals surface area contributed by atoms with Crippen LogP contribution in [0.4, 0.5) is 4.79 Å². The second kappa shape index (κ2) is 6.55. The van der Waals surface area contributed by atoms with E-state index in [1.807, 2.05) is 20.8 Å². The van der Waals surface area contributed by atoms with E-state index in [0.717, 1.165) is 25.2 Å². The molecular weight excluding hydrogens is 397 g/mol. The molecule has 20 heavy (non-hydrogen) atoms. The average Bonchev–Trinajstić information content (AvgIpc) is 2.93. The normalized spacial score (nSPS) is 30.2. The summed E-state index contributed by atoms with van der Waals surface area (Å²) < 4.78 is 21.5. The first-order chi connectivity index (χ1) is 9.34. The predicted octanol–water partition coefficient (Wildman–Crippen LogP) is 3.10. The maximum Gasteiger partial charge on any atom is 0.410 e. The Hall–Kier alpha value is 0.230. The molecule has 1 amide bonds. The molecular formula is C12H20INO5S. The number of rotatable bonds is 3. The molecule has 0 aromatic heterocycles. The third kappa shape index (κ3) is 4.36. The first-order valence-corrected chi connectivity index (χ1v) is 8.11. The van der Waals surface area contributed by atoms with E-state index in [2.05, 4.69) is 0 Å². The first kappa shape index (κ1) is 16.6. The van der Waals surface area contributed by atoms with Gasteiger partial charge in [0.05, 0.1) is 18.8 Å². The standard InChI is InChI=1S/C12H20INO5S/c1-11(2,3)17-10(15)14-5-4-12(8-14)6-9(7-16-12)18-20-19-13/h9H,4-8H2,1-3H3. The van der Waals surface area contributed by atoms with Crippen LogP contribution in [0.15, 0.2) is 0 Å². The van der Waals surface area contributed by atoms with Crippen molar-refractivity contribution in [3.63, 3.8) is 0 Å². The highest BCUT2D eigenvalue weighted by Gasteiger charge is 2.48.